The zero-order valence-corrected chi connectivity index (χ0v) is 34.3. The monoisotopic (exact) mass is 800 g/mol. The third-order valence-corrected chi connectivity index (χ3v) is 11.9. The average Bonchev–Trinajstić information content (AvgIpc) is 3.25. The highest BCUT2D eigenvalue weighted by molar-refractivity contribution is 7.98. The van der Waals surface area contributed by atoms with Crippen molar-refractivity contribution >= 4 is 47.4 Å². The summed E-state index contributed by atoms with van der Waals surface area (Å²) in [7, 11) is 0. The number of carbonyl (C=O) groups excluding carboxylic acids is 4. The summed E-state index contributed by atoms with van der Waals surface area (Å²) in [4.78, 5) is 51.9. The molecule has 2 aliphatic carbocycles. The molecular formula is C46H56O8S2. The molecule has 8 nitrogen and oxygen atoms in total. The van der Waals surface area contributed by atoms with Crippen LogP contribution < -0.4 is 18.9 Å². The standard InChI is InChI=1S/C24H28O4.C22H24O4S2.2H2/c1-3-17-5-13-21(14-6-17)27-23(25)19-9-11-20(12-10-19)24(26)28-22-15-7-18(4-2)8-16-22;1-27-19-11-7-17(8-12-19)25-21(23)15-3-5-16(6-4-15)22(24)26-18-9-13-20(28-2)14-10-18;;/h5-8,13-16,19-20H,3-4,9-12H2,1-2H3;7-16H,3-6H2,1-2H3;2*1H. The van der Waals surface area contributed by atoms with Crippen LogP contribution in [0.2, 0.25) is 0 Å². The van der Waals surface area contributed by atoms with E-state index in [1.165, 1.54) is 11.1 Å². The van der Waals surface area contributed by atoms with Crippen molar-refractivity contribution in [2.24, 2.45) is 23.7 Å². The van der Waals surface area contributed by atoms with E-state index >= 15 is 0 Å². The minimum Gasteiger partial charge on any atom is -0.426 e. The molecule has 0 aromatic heterocycles. The van der Waals surface area contributed by atoms with E-state index in [2.05, 4.69) is 13.8 Å². The highest BCUT2D eigenvalue weighted by atomic mass is 32.2. The molecule has 0 aliphatic heterocycles. The summed E-state index contributed by atoms with van der Waals surface area (Å²) in [6.45, 7) is 4.18. The number of ether oxygens (including phenoxy) is 4. The molecule has 10 heteroatoms. The normalized spacial score (nSPS) is 19.1. The van der Waals surface area contributed by atoms with Crippen molar-refractivity contribution in [3.05, 3.63) is 108 Å². The molecule has 0 amide bonds. The van der Waals surface area contributed by atoms with Gasteiger partial charge in [0.15, 0.2) is 0 Å². The van der Waals surface area contributed by atoms with Gasteiger partial charge in [0, 0.05) is 12.6 Å². The van der Waals surface area contributed by atoms with Crippen LogP contribution in [0.1, 0.15) is 79.2 Å². The summed E-state index contributed by atoms with van der Waals surface area (Å²) in [5.74, 6) is 0.840. The lowest BCUT2D eigenvalue weighted by Gasteiger charge is -2.25. The topological polar surface area (TPSA) is 105 Å². The molecule has 4 aromatic carbocycles. The third-order valence-electron chi connectivity index (χ3n) is 10.4. The second-order valence-corrected chi connectivity index (χ2v) is 15.9. The maximum Gasteiger partial charge on any atom is 0.314 e. The number of aryl methyl sites for hydroxylation is 2. The van der Waals surface area contributed by atoms with Crippen LogP contribution in [0.25, 0.3) is 0 Å². The van der Waals surface area contributed by atoms with Gasteiger partial charge in [0.05, 0.1) is 23.7 Å². The Kier molecular flexibility index (Phi) is 16.5. The highest BCUT2D eigenvalue weighted by Gasteiger charge is 2.33. The van der Waals surface area contributed by atoms with E-state index in [9.17, 15) is 19.2 Å². The van der Waals surface area contributed by atoms with Gasteiger partial charge in [-0.25, -0.2) is 0 Å². The zero-order chi connectivity index (χ0) is 39.9. The van der Waals surface area contributed by atoms with Gasteiger partial charge in [0.25, 0.3) is 0 Å². The van der Waals surface area contributed by atoms with Crippen molar-refractivity contribution in [2.45, 2.75) is 87.8 Å². The Morgan fingerprint density at radius 2 is 0.643 bits per heavy atom. The molecule has 0 heterocycles. The number of hydrogen-bond donors (Lipinski definition) is 0. The van der Waals surface area contributed by atoms with Gasteiger partial charge >= 0.3 is 23.9 Å². The maximum absolute atomic E-state index is 12.4. The second-order valence-electron chi connectivity index (χ2n) is 14.1. The first kappa shape index (κ1) is 42.6. The molecule has 2 fully saturated rings. The summed E-state index contributed by atoms with van der Waals surface area (Å²) in [5, 5.41) is 0. The minimum atomic E-state index is -0.212. The lowest BCUT2D eigenvalue weighted by Crippen LogP contribution is -2.30. The molecule has 0 radical (unpaired) electrons. The van der Waals surface area contributed by atoms with Gasteiger partial charge in [0.1, 0.15) is 23.0 Å². The molecule has 56 heavy (non-hydrogen) atoms. The minimum absolute atomic E-state index is 0. The quantitative estimate of drug-likeness (QED) is 0.0781. The van der Waals surface area contributed by atoms with E-state index < -0.39 is 0 Å². The highest BCUT2D eigenvalue weighted by Crippen LogP contribution is 2.33. The fourth-order valence-corrected chi connectivity index (χ4v) is 7.62. The predicted octanol–water partition coefficient (Wildman–Crippen LogP) is 11.1. The molecule has 0 unspecified atom stereocenters. The SMILES string of the molecule is CCc1ccc(OC(=O)C2CCC(C(=O)Oc3ccc(CC)cc3)CC2)cc1.CSc1ccc(OC(=O)C2CCC(C(=O)Oc3ccc(SC)cc3)CC2)cc1.[HH].[HH]. The molecule has 2 saturated carbocycles. The number of thioether (sulfide) groups is 2. The number of carbonyl (C=O) groups is 4. The Labute approximate surface area is 342 Å². The number of benzene rings is 4. The third kappa shape index (κ3) is 12.7. The molecule has 0 bridgehead atoms. The smallest absolute Gasteiger partial charge is 0.314 e. The molecule has 300 valence electrons. The number of esters is 4. The molecule has 4 aromatic rings. The van der Waals surface area contributed by atoms with Crippen molar-refractivity contribution in [1.82, 2.24) is 0 Å². The van der Waals surface area contributed by atoms with Gasteiger partial charge in [0.2, 0.25) is 0 Å². The average molecular weight is 801 g/mol. The van der Waals surface area contributed by atoms with Crippen molar-refractivity contribution in [1.29, 1.82) is 0 Å². The van der Waals surface area contributed by atoms with Gasteiger partial charge in [-0.05, 0) is 161 Å². The van der Waals surface area contributed by atoms with Crippen LogP contribution in [0.3, 0.4) is 0 Å². The van der Waals surface area contributed by atoms with Gasteiger partial charge in [-0.3, -0.25) is 19.2 Å². The van der Waals surface area contributed by atoms with E-state index in [4.69, 9.17) is 18.9 Å². The predicted molar refractivity (Wildman–Crippen MR) is 226 cm³/mol. The Balaban J connectivity index is 0.000000300. The van der Waals surface area contributed by atoms with Gasteiger partial charge in [-0.15, -0.1) is 23.5 Å². The van der Waals surface area contributed by atoms with E-state index in [-0.39, 0.29) is 50.4 Å². The Bertz CT molecular complexity index is 1590. The summed E-state index contributed by atoms with van der Waals surface area (Å²) >= 11 is 3.29. The largest absolute Gasteiger partial charge is 0.426 e. The molecular weight excluding hydrogens is 745 g/mol. The van der Waals surface area contributed by atoms with Crippen LogP contribution in [0, 0.1) is 23.7 Å². The first-order chi connectivity index (χ1) is 27.2. The molecule has 6 rings (SSSR count). The van der Waals surface area contributed by atoms with Crippen LogP contribution in [-0.2, 0) is 32.0 Å². The Morgan fingerprint density at radius 1 is 0.429 bits per heavy atom. The maximum atomic E-state index is 12.4. The first-order valence-electron chi connectivity index (χ1n) is 19.5. The van der Waals surface area contributed by atoms with Crippen molar-refractivity contribution in [3.63, 3.8) is 0 Å². The summed E-state index contributed by atoms with van der Waals surface area (Å²) in [6, 6.07) is 30.3. The molecule has 0 saturated heterocycles. The Hall–Kier alpha value is -4.54. The van der Waals surface area contributed by atoms with E-state index in [1.807, 2.05) is 110 Å². The summed E-state index contributed by atoms with van der Waals surface area (Å²) in [6.07, 6.45) is 11.1. The molecule has 0 spiro atoms. The van der Waals surface area contributed by atoms with Crippen LogP contribution in [0.5, 0.6) is 23.0 Å². The van der Waals surface area contributed by atoms with Crippen molar-refractivity contribution in [2.75, 3.05) is 12.5 Å². The molecule has 0 N–H and O–H groups in total. The van der Waals surface area contributed by atoms with Crippen LogP contribution in [0.15, 0.2) is 107 Å². The van der Waals surface area contributed by atoms with Crippen LogP contribution >= 0.6 is 23.5 Å². The lowest BCUT2D eigenvalue weighted by molar-refractivity contribution is -0.145. The van der Waals surface area contributed by atoms with E-state index in [0.29, 0.717) is 74.4 Å². The number of rotatable bonds is 12. The Morgan fingerprint density at radius 3 is 0.839 bits per heavy atom. The van der Waals surface area contributed by atoms with Gasteiger partial charge in [-0.2, -0.15) is 0 Å². The van der Waals surface area contributed by atoms with Crippen molar-refractivity contribution < 1.29 is 41.0 Å². The van der Waals surface area contributed by atoms with Gasteiger partial charge in [-0.1, -0.05) is 38.1 Å². The fraction of sp³-hybridized carbons (Fsp3) is 0.391. The molecule has 0 atom stereocenters. The fourth-order valence-electron chi connectivity index (χ4n) is 6.80. The van der Waals surface area contributed by atoms with Crippen LogP contribution in [-0.4, -0.2) is 36.4 Å². The van der Waals surface area contributed by atoms with E-state index in [0.717, 1.165) is 22.6 Å². The second kappa shape index (κ2) is 21.7. The summed E-state index contributed by atoms with van der Waals surface area (Å²) < 4.78 is 22.0. The first-order valence-corrected chi connectivity index (χ1v) is 22.0. The van der Waals surface area contributed by atoms with Crippen LogP contribution in [0.4, 0.5) is 0 Å². The number of hydrogen-bond acceptors (Lipinski definition) is 10. The zero-order valence-electron chi connectivity index (χ0n) is 32.7. The van der Waals surface area contributed by atoms with E-state index in [1.54, 1.807) is 23.5 Å². The van der Waals surface area contributed by atoms with Gasteiger partial charge < -0.3 is 18.9 Å². The lowest BCUT2D eigenvalue weighted by atomic mass is 9.82. The van der Waals surface area contributed by atoms with Crippen molar-refractivity contribution in [3.8, 4) is 23.0 Å². The molecule has 2 aliphatic rings. The summed E-state index contributed by atoms with van der Waals surface area (Å²) in [5.41, 5.74) is 2.42.